The molecule has 0 saturated carbocycles. The first kappa shape index (κ1) is 11.8. The lowest BCUT2D eigenvalue weighted by molar-refractivity contribution is 0.214. The van der Waals surface area contributed by atoms with Gasteiger partial charge in [-0.3, -0.25) is 0 Å². The van der Waals surface area contributed by atoms with E-state index < -0.39 is 0 Å². The third-order valence-corrected chi connectivity index (χ3v) is 2.74. The van der Waals surface area contributed by atoms with Crippen molar-refractivity contribution in [1.29, 1.82) is 0 Å². The lowest BCUT2D eigenvalue weighted by Crippen LogP contribution is -2.41. The quantitative estimate of drug-likeness (QED) is 0.833. The summed E-state index contributed by atoms with van der Waals surface area (Å²) in [6, 6.07) is 7.87. The summed E-state index contributed by atoms with van der Waals surface area (Å²) >= 11 is 0. The van der Waals surface area contributed by atoms with Gasteiger partial charge in [-0.05, 0) is 18.1 Å². The first-order valence-electron chi connectivity index (χ1n) is 6.06. The molecule has 0 saturated heterocycles. The Morgan fingerprint density at radius 2 is 2.24 bits per heavy atom. The van der Waals surface area contributed by atoms with E-state index >= 15 is 0 Å². The van der Waals surface area contributed by atoms with E-state index in [1.54, 1.807) is 0 Å². The molecule has 4 nitrogen and oxygen atoms in total. The Morgan fingerprint density at radius 3 is 3.00 bits per heavy atom. The van der Waals surface area contributed by atoms with Gasteiger partial charge in [-0.2, -0.15) is 0 Å². The van der Waals surface area contributed by atoms with Crippen LogP contribution >= 0.6 is 0 Å². The molecule has 92 valence electrons. The van der Waals surface area contributed by atoms with Gasteiger partial charge in [0.25, 0.3) is 0 Å². The van der Waals surface area contributed by atoms with Crippen LogP contribution in [0.4, 0.5) is 4.79 Å². The molecular weight excluding hydrogens is 216 g/mol. The third-order valence-electron chi connectivity index (χ3n) is 2.74. The molecule has 0 fully saturated rings. The van der Waals surface area contributed by atoms with Gasteiger partial charge in [0.1, 0.15) is 11.9 Å². The molecule has 17 heavy (non-hydrogen) atoms. The number of carbonyl (C=O) groups excluding carboxylic acids is 1. The summed E-state index contributed by atoms with van der Waals surface area (Å²) in [5, 5.41) is 5.59. The molecule has 0 bridgehead atoms. The summed E-state index contributed by atoms with van der Waals surface area (Å²) in [5.74, 6) is 0.938. The van der Waals surface area contributed by atoms with Crippen molar-refractivity contribution in [3.8, 4) is 5.75 Å². The summed E-state index contributed by atoms with van der Waals surface area (Å²) in [4.78, 5) is 11.4. The minimum absolute atomic E-state index is 0.0553. The first-order valence-corrected chi connectivity index (χ1v) is 6.06. The van der Waals surface area contributed by atoms with E-state index in [4.69, 9.17) is 4.74 Å². The molecule has 1 aromatic rings. The number of benzene rings is 1. The van der Waals surface area contributed by atoms with Crippen molar-refractivity contribution < 1.29 is 9.53 Å². The van der Waals surface area contributed by atoms with E-state index in [2.05, 4.69) is 16.7 Å². The number of nitrogens with one attached hydrogen (secondary N) is 2. The highest BCUT2D eigenvalue weighted by molar-refractivity contribution is 5.73. The van der Waals surface area contributed by atoms with Crippen LogP contribution in [0.25, 0.3) is 0 Å². The maximum absolute atomic E-state index is 11.4. The van der Waals surface area contributed by atoms with Crippen molar-refractivity contribution in [2.24, 2.45) is 0 Å². The summed E-state index contributed by atoms with van der Waals surface area (Å²) in [7, 11) is 0. The lowest BCUT2D eigenvalue weighted by Gasteiger charge is -2.12. The monoisotopic (exact) mass is 234 g/mol. The highest BCUT2D eigenvalue weighted by Crippen LogP contribution is 2.27. The van der Waals surface area contributed by atoms with Gasteiger partial charge in [-0.15, -0.1) is 0 Å². The zero-order valence-electron chi connectivity index (χ0n) is 10.0. The molecule has 0 spiro atoms. The van der Waals surface area contributed by atoms with Crippen LogP contribution in [0.3, 0.4) is 0 Å². The Morgan fingerprint density at radius 1 is 1.41 bits per heavy atom. The van der Waals surface area contributed by atoms with Gasteiger partial charge in [0.05, 0.1) is 6.54 Å². The van der Waals surface area contributed by atoms with E-state index in [1.165, 1.54) is 5.56 Å². The molecule has 1 aromatic carbocycles. The minimum Gasteiger partial charge on any atom is -0.488 e. The molecule has 1 unspecified atom stereocenters. The van der Waals surface area contributed by atoms with Crippen LogP contribution in [0.5, 0.6) is 5.75 Å². The van der Waals surface area contributed by atoms with Gasteiger partial charge in [-0.25, -0.2) is 4.79 Å². The van der Waals surface area contributed by atoms with Crippen molar-refractivity contribution in [3.63, 3.8) is 0 Å². The Hall–Kier alpha value is -1.71. The largest absolute Gasteiger partial charge is 0.488 e. The molecule has 1 heterocycles. The number of amides is 2. The Kier molecular flexibility index (Phi) is 3.85. The standard InChI is InChI=1S/C13H18N2O2/c1-2-7-14-13(16)15-9-11-8-10-5-3-4-6-12(10)17-11/h3-6,11H,2,7-9H2,1H3,(H2,14,15,16). The van der Waals surface area contributed by atoms with Gasteiger partial charge in [0, 0.05) is 13.0 Å². The van der Waals surface area contributed by atoms with Crippen LogP contribution in [0.15, 0.2) is 24.3 Å². The second-order valence-electron chi connectivity index (χ2n) is 4.19. The highest BCUT2D eigenvalue weighted by atomic mass is 16.5. The second-order valence-corrected chi connectivity index (χ2v) is 4.19. The van der Waals surface area contributed by atoms with Crippen LogP contribution in [-0.2, 0) is 6.42 Å². The molecule has 1 aliphatic rings. The van der Waals surface area contributed by atoms with E-state index in [1.807, 2.05) is 25.1 Å². The number of rotatable bonds is 4. The smallest absolute Gasteiger partial charge is 0.314 e. The van der Waals surface area contributed by atoms with E-state index in [-0.39, 0.29) is 12.1 Å². The Labute approximate surface area is 101 Å². The van der Waals surface area contributed by atoms with Gasteiger partial charge in [0.2, 0.25) is 0 Å². The molecule has 2 amide bonds. The normalized spacial score (nSPS) is 17.1. The molecule has 2 rings (SSSR count). The lowest BCUT2D eigenvalue weighted by atomic mass is 10.1. The Bertz CT molecular complexity index is 368. The maximum Gasteiger partial charge on any atom is 0.314 e. The fraction of sp³-hybridized carbons (Fsp3) is 0.462. The molecule has 0 radical (unpaired) electrons. The van der Waals surface area contributed by atoms with E-state index in [0.29, 0.717) is 13.1 Å². The van der Waals surface area contributed by atoms with Crippen LogP contribution < -0.4 is 15.4 Å². The van der Waals surface area contributed by atoms with Crippen LogP contribution in [0.2, 0.25) is 0 Å². The molecular formula is C13H18N2O2. The fourth-order valence-corrected chi connectivity index (χ4v) is 1.88. The van der Waals surface area contributed by atoms with Crippen molar-refractivity contribution in [2.45, 2.75) is 25.9 Å². The Balaban J connectivity index is 1.75. The second kappa shape index (κ2) is 5.57. The number of hydrogen-bond acceptors (Lipinski definition) is 2. The van der Waals surface area contributed by atoms with Gasteiger partial charge in [-0.1, -0.05) is 25.1 Å². The van der Waals surface area contributed by atoms with Gasteiger partial charge >= 0.3 is 6.03 Å². The van der Waals surface area contributed by atoms with E-state index in [9.17, 15) is 4.79 Å². The van der Waals surface area contributed by atoms with Crippen molar-refractivity contribution in [1.82, 2.24) is 10.6 Å². The summed E-state index contributed by atoms with van der Waals surface area (Å²) < 4.78 is 5.72. The number of ether oxygens (including phenoxy) is 1. The van der Waals surface area contributed by atoms with Gasteiger partial charge < -0.3 is 15.4 Å². The van der Waals surface area contributed by atoms with Gasteiger partial charge in [0.15, 0.2) is 0 Å². The fourth-order valence-electron chi connectivity index (χ4n) is 1.88. The zero-order chi connectivity index (χ0) is 12.1. The molecule has 0 aliphatic carbocycles. The SMILES string of the molecule is CCCNC(=O)NCC1Cc2ccccc2O1. The average molecular weight is 234 g/mol. The topological polar surface area (TPSA) is 50.4 Å². The first-order chi connectivity index (χ1) is 8.29. The summed E-state index contributed by atoms with van der Waals surface area (Å²) in [6.07, 6.45) is 1.86. The van der Waals surface area contributed by atoms with Crippen LogP contribution in [-0.4, -0.2) is 25.2 Å². The third kappa shape index (κ3) is 3.12. The molecule has 2 N–H and O–H groups in total. The number of para-hydroxylation sites is 1. The summed E-state index contributed by atoms with van der Waals surface area (Å²) in [6.45, 7) is 3.28. The van der Waals surface area contributed by atoms with Crippen LogP contribution in [0.1, 0.15) is 18.9 Å². The number of carbonyl (C=O) groups is 1. The number of hydrogen-bond donors (Lipinski definition) is 2. The molecule has 1 atom stereocenters. The highest BCUT2D eigenvalue weighted by Gasteiger charge is 2.22. The van der Waals surface area contributed by atoms with Crippen molar-refractivity contribution >= 4 is 6.03 Å². The minimum atomic E-state index is -0.119. The van der Waals surface area contributed by atoms with Crippen LogP contribution in [0, 0.1) is 0 Å². The maximum atomic E-state index is 11.4. The van der Waals surface area contributed by atoms with Crippen molar-refractivity contribution in [2.75, 3.05) is 13.1 Å². The van der Waals surface area contributed by atoms with E-state index in [0.717, 1.165) is 18.6 Å². The number of urea groups is 1. The average Bonchev–Trinajstić information content (AvgIpc) is 2.76. The predicted octanol–water partition coefficient (Wildman–Crippen LogP) is 1.70. The number of fused-ring (bicyclic) bond motifs is 1. The zero-order valence-corrected chi connectivity index (χ0v) is 10.0. The predicted molar refractivity (Wildman–Crippen MR) is 66.3 cm³/mol. The summed E-state index contributed by atoms with van der Waals surface area (Å²) in [5.41, 5.74) is 1.22. The molecule has 1 aliphatic heterocycles. The molecule has 0 aromatic heterocycles. The molecule has 4 heteroatoms. The van der Waals surface area contributed by atoms with Crippen molar-refractivity contribution in [3.05, 3.63) is 29.8 Å².